The van der Waals surface area contributed by atoms with Gasteiger partial charge in [0.2, 0.25) is 0 Å². The van der Waals surface area contributed by atoms with Crippen molar-refractivity contribution < 1.29 is 9.18 Å². The van der Waals surface area contributed by atoms with Gasteiger partial charge in [-0.3, -0.25) is 4.79 Å². The van der Waals surface area contributed by atoms with Crippen LogP contribution in [0.3, 0.4) is 0 Å². The number of nitrogens with zero attached hydrogens (tertiary/aromatic N) is 1. The highest BCUT2D eigenvalue weighted by Crippen LogP contribution is 2.19. The number of carbonyl (C=O) groups is 1. The van der Waals surface area contributed by atoms with Crippen LogP contribution in [-0.4, -0.2) is 24.0 Å². The number of anilines is 1. The van der Waals surface area contributed by atoms with E-state index in [1.54, 1.807) is 7.05 Å². The summed E-state index contributed by atoms with van der Waals surface area (Å²) in [6.07, 6.45) is 8.11. The Hall–Kier alpha value is -1.65. The summed E-state index contributed by atoms with van der Waals surface area (Å²) in [5.74, 6) is -0.826. The standard InChI is InChI=1S/C14H20FN3O/c1-16-13-12(15)11(8-9-17-13)14(19)18-10-6-4-2-3-5-7-10/h8-10H,2-7H2,1H3,(H,16,17)(H,18,19). The molecule has 1 heterocycles. The monoisotopic (exact) mass is 265 g/mol. The number of halogens is 1. The van der Waals surface area contributed by atoms with Crippen molar-refractivity contribution in [1.82, 2.24) is 10.3 Å². The third-order valence-corrected chi connectivity index (χ3v) is 3.56. The highest BCUT2D eigenvalue weighted by molar-refractivity contribution is 5.95. The molecule has 0 bridgehead atoms. The molecular weight excluding hydrogens is 245 g/mol. The SMILES string of the molecule is CNc1nccc(C(=O)NC2CCCCCC2)c1F. The minimum Gasteiger partial charge on any atom is -0.371 e. The number of nitrogens with one attached hydrogen (secondary N) is 2. The van der Waals surface area contributed by atoms with Crippen LogP contribution in [0.4, 0.5) is 10.2 Å². The third kappa shape index (κ3) is 3.43. The van der Waals surface area contributed by atoms with Crippen molar-refractivity contribution in [3.63, 3.8) is 0 Å². The lowest BCUT2D eigenvalue weighted by Gasteiger charge is -2.16. The Balaban J connectivity index is 2.06. The first-order chi connectivity index (χ1) is 9.22. The van der Waals surface area contributed by atoms with Crippen molar-refractivity contribution in [2.75, 3.05) is 12.4 Å². The Kier molecular flexibility index (Phi) is 4.71. The summed E-state index contributed by atoms with van der Waals surface area (Å²) in [5, 5.41) is 5.57. The normalized spacial score (nSPS) is 16.7. The van der Waals surface area contributed by atoms with Crippen LogP contribution < -0.4 is 10.6 Å². The van der Waals surface area contributed by atoms with E-state index >= 15 is 0 Å². The van der Waals surface area contributed by atoms with Gasteiger partial charge in [-0.1, -0.05) is 25.7 Å². The molecule has 0 radical (unpaired) electrons. The maximum Gasteiger partial charge on any atom is 0.254 e. The molecule has 1 amide bonds. The zero-order valence-corrected chi connectivity index (χ0v) is 11.2. The Morgan fingerprint density at radius 2 is 2.00 bits per heavy atom. The lowest BCUT2D eigenvalue weighted by molar-refractivity contribution is 0.0929. The highest BCUT2D eigenvalue weighted by atomic mass is 19.1. The molecule has 1 aromatic rings. The number of hydrogen-bond acceptors (Lipinski definition) is 3. The first kappa shape index (κ1) is 13.8. The van der Waals surface area contributed by atoms with Crippen LogP contribution in [0.25, 0.3) is 0 Å². The molecule has 0 aliphatic heterocycles. The van der Waals surface area contributed by atoms with Gasteiger partial charge in [0.05, 0.1) is 5.56 Å². The number of pyridine rings is 1. The molecule has 19 heavy (non-hydrogen) atoms. The van der Waals surface area contributed by atoms with E-state index in [-0.39, 0.29) is 23.3 Å². The number of rotatable bonds is 3. The summed E-state index contributed by atoms with van der Waals surface area (Å²) in [5.41, 5.74) is 0.0589. The first-order valence-electron chi connectivity index (χ1n) is 6.85. The Morgan fingerprint density at radius 3 is 2.63 bits per heavy atom. The largest absolute Gasteiger partial charge is 0.371 e. The molecule has 2 N–H and O–H groups in total. The van der Waals surface area contributed by atoms with Crippen LogP contribution in [-0.2, 0) is 0 Å². The van der Waals surface area contributed by atoms with Crippen LogP contribution in [0.1, 0.15) is 48.9 Å². The predicted molar refractivity (Wildman–Crippen MR) is 72.7 cm³/mol. The van der Waals surface area contributed by atoms with Crippen LogP contribution >= 0.6 is 0 Å². The maximum atomic E-state index is 14.0. The zero-order chi connectivity index (χ0) is 13.7. The van der Waals surface area contributed by atoms with Crippen LogP contribution in [0.2, 0.25) is 0 Å². The lowest BCUT2D eigenvalue weighted by Crippen LogP contribution is -2.35. The summed E-state index contributed by atoms with van der Waals surface area (Å²) in [6, 6.07) is 1.59. The second-order valence-electron chi connectivity index (χ2n) is 4.93. The average Bonchev–Trinajstić information content (AvgIpc) is 2.67. The number of aromatic nitrogens is 1. The molecule has 0 atom stereocenters. The third-order valence-electron chi connectivity index (χ3n) is 3.56. The maximum absolute atomic E-state index is 14.0. The molecule has 0 aromatic carbocycles. The molecule has 0 saturated heterocycles. The summed E-state index contributed by atoms with van der Waals surface area (Å²) < 4.78 is 14.0. The molecule has 1 aromatic heterocycles. The number of carbonyl (C=O) groups excluding carboxylic acids is 1. The molecule has 1 aliphatic carbocycles. The highest BCUT2D eigenvalue weighted by Gasteiger charge is 2.19. The molecule has 5 heteroatoms. The van der Waals surface area contributed by atoms with Crippen molar-refractivity contribution in [1.29, 1.82) is 0 Å². The van der Waals surface area contributed by atoms with Gasteiger partial charge in [-0.25, -0.2) is 9.37 Å². The van der Waals surface area contributed by atoms with E-state index in [0.29, 0.717) is 0 Å². The van der Waals surface area contributed by atoms with E-state index < -0.39 is 5.82 Å². The van der Waals surface area contributed by atoms with Crippen molar-refractivity contribution in [3.8, 4) is 0 Å². The minimum absolute atomic E-state index is 0.0589. The zero-order valence-electron chi connectivity index (χ0n) is 11.2. The summed E-state index contributed by atoms with van der Waals surface area (Å²) in [4.78, 5) is 15.9. The fraction of sp³-hybridized carbons (Fsp3) is 0.571. The minimum atomic E-state index is -0.587. The van der Waals surface area contributed by atoms with Gasteiger partial charge in [-0.05, 0) is 18.9 Å². The molecular formula is C14H20FN3O. The van der Waals surface area contributed by atoms with Gasteiger partial charge in [0, 0.05) is 19.3 Å². The van der Waals surface area contributed by atoms with Gasteiger partial charge in [0.25, 0.3) is 5.91 Å². The van der Waals surface area contributed by atoms with Gasteiger partial charge >= 0.3 is 0 Å². The van der Waals surface area contributed by atoms with Gasteiger partial charge in [0.1, 0.15) is 0 Å². The smallest absolute Gasteiger partial charge is 0.254 e. The Morgan fingerprint density at radius 1 is 1.32 bits per heavy atom. The second kappa shape index (κ2) is 6.50. The van der Waals surface area contributed by atoms with E-state index in [1.165, 1.54) is 25.1 Å². The summed E-state index contributed by atoms with van der Waals surface area (Å²) in [7, 11) is 1.58. The molecule has 1 aliphatic rings. The van der Waals surface area contributed by atoms with Crippen molar-refractivity contribution in [3.05, 3.63) is 23.6 Å². The average molecular weight is 265 g/mol. The van der Waals surface area contributed by atoms with Gasteiger partial charge in [-0.15, -0.1) is 0 Å². The molecule has 2 rings (SSSR count). The topological polar surface area (TPSA) is 54.0 Å². The molecule has 4 nitrogen and oxygen atoms in total. The molecule has 104 valence electrons. The van der Waals surface area contributed by atoms with E-state index in [9.17, 15) is 9.18 Å². The number of amides is 1. The molecule has 1 saturated carbocycles. The quantitative estimate of drug-likeness (QED) is 0.826. The number of hydrogen-bond donors (Lipinski definition) is 2. The predicted octanol–water partition coefficient (Wildman–Crippen LogP) is 2.72. The fourth-order valence-electron chi connectivity index (χ4n) is 2.48. The van der Waals surface area contributed by atoms with Crippen LogP contribution in [0.5, 0.6) is 0 Å². The van der Waals surface area contributed by atoms with E-state index in [0.717, 1.165) is 25.7 Å². The molecule has 0 spiro atoms. The lowest BCUT2D eigenvalue weighted by atomic mass is 10.1. The summed E-state index contributed by atoms with van der Waals surface area (Å²) in [6.45, 7) is 0. The van der Waals surface area contributed by atoms with Gasteiger partial charge in [0.15, 0.2) is 11.6 Å². The van der Waals surface area contributed by atoms with E-state index in [4.69, 9.17) is 0 Å². The van der Waals surface area contributed by atoms with Crippen molar-refractivity contribution in [2.45, 2.75) is 44.6 Å². The van der Waals surface area contributed by atoms with Gasteiger partial charge < -0.3 is 10.6 Å². The van der Waals surface area contributed by atoms with Crippen LogP contribution in [0, 0.1) is 5.82 Å². The first-order valence-corrected chi connectivity index (χ1v) is 6.85. The Labute approximate surface area is 112 Å². The van der Waals surface area contributed by atoms with Crippen LogP contribution in [0.15, 0.2) is 12.3 Å². The van der Waals surface area contributed by atoms with Crippen molar-refractivity contribution >= 4 is 11.7 Å². The molecule has 1 fully saturated rings. The van der Waals surface area contributed by atoms with Gasteiger partial charge in [-0.2, -0.15) is 0 Å². The Bertz CT molecular complexity index is 442. The fourth-order valence-corrected chi connectivity index (χ4v) is 2.48. The summed E-state index contributed by atoms with van der Waals surface area (Å²) >= 11 is 0. The van der Waals surface area contributed by atoms with Crippen molar-refractivity contribution in [2.24, 2.45) is 0 Å². The van der Waals surface area contributed by atoms with E-state index in [2.05, 4.69) is 15.6 Å². The van der Waals surface area contributed by atoms with E-state index in [1.807, 2.05) is 0 Å². The second-order valence-corrected chi connectivity index (χ2v) is 4.93. The molecule has 0 unspecified atom stereocenters.